The van der Waals surface area contributed by atoms with Gasteiger partial charge in [0.1, 0.15) is 5.82 Å². The van der Waals surface area contributed by atoms with Gasteiger partial charge < -0.3 is 10.1 Å². The van der Waals surface area contributed by atoms with Crippen LogP contribution in [0.15, 0.2) is 6.20 Å². The number of nitrogens with two attached hydrogens (primary N) is 1. The summed E-state index contributed by atoms with van der Waals surface area (Å²) < 4.78 is 5.37. The highest BCUT2D eigenvalue weighted by Gasteiger charge is 2.25. The summed E-state index contributed by atoms with van der Waals surface area (Å²) in [5.41, 5.74) is 3.12. The van der Waals surface area contributed by atoms with E-state index in [2.05, 4.69) is 30.9 Å². The van der Waals surface area contributed by atoms with Gasteiger partial charge in [0.05, 0.1) is 17.7 Å². The van der Waals surface area contributed by atoms with Crippen molar-refractivity contribution in [1.29, 1.82) is 0 Å². The molecule has 0 aromatic carbocycles. The van der Waals surface area contributed by atoms with Gasteiger partial charge in [-0.25, -0.2) is 5.84 Å². The molecule has 2 heterocycles. The van der Waals surface area contributed by atoms with E-state index in [0.29, 0.717) is 23.7 Å². The van der Waals surface area contributed by atoms with Crippen LogP contribution >= 0.6 is 0 Å². The Kier molecular flexibility index (Phi) is 3.18. The topological polar surface area (TPSA) is 114 Å². The molecule has 0 aliphatic heterocycles. The Bertz CT molecular complexity index is 569. The van der Waals surface area contributed by atoms with Crippen LogP contribution in [-0.4, -0.2) is 39.4 Å². The minimum absolute atomic E-state index is 0.325. The molecular formula is C11H17N7O. The zero-order valence-electron chi connectivity index (χ0n) is 10.7. The molecule has 8 nitrogen and oxygen atoms in total. The number of nitrogens with zero attached hydrogens (tertiary/aromatic N) is 3. The third-order valence-corrected chi connectivity index (χ3v) is 3.50. The van der Waals surface area contributed by atoms with Gasteiger partial charge in [0.15, 0.2) is 5.65 Å². The molecule has 1 saturated carbocycles. The molecule has 0 spiro atoms. The van der Waals surface area contributed by atoms with Gasteiger partial charge in [-0.3, -0.25) is 10.5 Å². The summed E-state index contributed by atoms with van der Waals surface area (Å²) in [7, 11) is 1.75. The van der Waals surface area contributed by atoms with E-state index >= 15 is 0 Å². The van der Waals surface area contributed by atoms with E-state index in [0.717, 1.165) is 30.5 Å². The Morgan fingerprint density at radius 1 is 1.42 bits per heavy atom. The van der Waals surface area contributed by atoms with Crippen molar-refractivity contribution in [1.82, 2.24) is 20.2 Å². The summed E-state index contributed by atoms with van der Waals surface area (Å²) in [5, 5.41) is 11.1. The Hall–Kier alpha value is -1.93. The van der Waals surface area contributed by atoms with Gasteiger partial charge in [-0.2, -0.15) is 15.1 Å². The Morgan fingerprint density at radius 2 is 2.32 bits per heavy atom. The molecule has 2 aromatic rings. The molecule has 2 atom stereocenters. The van der Waals surface area contributed by atoms with Crippen LogP contribution in [0, 0.1) is 0 Å². The molecule has 0 radical (unpaired) electrons. The van der Waals surface area contributed by atoms with Crippen LogP contribution in [0.25, 0.3) is 11.0 Å². The summed E-state index contributed by atoms with van der Waals surface area (Å²) in [6.45, 7) is 0. The van der Waals surface area contributed by atoms with Gasteiger partial charge in [-0.15, -0.1) is 0 Å². The minimum Gasteiger partial charge on any atom is -0.381 e. The lowest BCUT2D eigenvalue weighted by molar-refractivity contribution is 0.108. The van der Waals surface area contributed by atoms with E-state index in [-0.39, 0.29) is 0 Å². The van der Waals surface area contributed by atoms with Crippen LogP contribution < -0.4 is 16.6 Å². The number of ether oxygens (including phenoxy) is 1. The van der Waals surface area contributed by atoms with Gasteiger partial charge in [-0.1, -0.05) is 0 Å². The Morgan fingerprint density at radius 3 is 3.05 bits per heavy atom. The molecular weight excluding hydrogens is 246 g/mol. The number of methoxy groups -OCH3 is 1. The summed E-state index contributed by atoms with van der Waals surface area (Å²) >= 11 is 0. The van der Waals surface area contributed by atoms with E-state index in [4.69, 9.17) is 10.6 Å². The molecule has 1 aliphatic rings. The molecule has 5 N–H and O–H groups in total. The lowest BCUT2D eigenvalue weighted by Crippen LogP contribution is -2.19. The molecule has 3 rings (SSSR count). The third kappa shape index (κ3) is 2.32. The second kappa shape index (κ2) is 4.98. The molecule has 1 fully saturated rings. The van der Waals surface area contributed by atoms with Crippen molar-refractivity contribution in [3.63, 3.8) is 0 Å². The molecule has 0 amide bonds. The van der Waals surface area contributed by atoms with Gasteiger partial charge in [0.2, 0.25) is 5.95 Å². The average molecular weight is 263 g/mol. The fraction of sp³-hybridized carbons (Fsp3) is 0.545. The summed E-state index contributed by atoms with van der Waals surface area (Å²) in [4.78, 5) is 8.54. The summed E-state index contributed by atoms with van der Waals surface area (Å²) in [6.07, 6.45) is 5.14. The largest absolute Gasteiger partial charge is 0.381 e. The molecule has 1 aliphatic carbocycles. The number of hydrogen-bond donors (Lipinski definition) is 4. The highest BCUT2D eigenvalue weighted by molar-refractivity contribution is 5.87. The van der Waals surface area contributed by atoms with Crippen molar-refractivity contribution in [2.24, 2.45) is 5.84 Å². The van der Waals surface area contributed by atoms with Gasteiger partial charge >= 0.3 is 0 Å². The molecule has 2 aromatic heterocycles. The van der Waals surface area contributed by atoms with Crippen molar-refractivity contribution in [3.05, 3.63) is 6.20 Å². The smallest absolute Gasteiger partial charge is 0.241 e. The first-order chi connectivity index (χ1) is 9.30. The molecule has 19 heavy (non-hydrogen) atoms. The van der Waals surface area contributed by atoms with E-state index in [9.17, 15) is 0 Å². The maximum absolute atomic E-state index is 5.37. The predicted octanol–water partition coefficient (Wildman–Crippen LogP) is 0.618. The molecule has 102 valence electrons. The fourth-order valence-electron chi connectivity index (χ4n) is 2.49. The van der Waals surface area contributed by atoms with Crippen LogP contribution in [0.3, 0.4) is 0 Å². The first kappa shape index (κ1) is 12.1. The van der Waals surface area contributed by atoms with Crippen molar-refractivity contribution in [2.75, 3.05) is 17.9 Å². The van der Waals surface area contributed by atoms with Crippen LogP contribution in [0.1, 0.15) is 19.3 Å². The molecule has 0 saturated heterocycles. The lowest BCUT2D eigenvalue weighted by atomic mass is 10.2. The predicted molar refractivity (Wildman–Crippen MR) is 71.6 cm³/mol. The average Bonchev–Trinajstić information content (AvgIpc) is 3.06. The van der Waals surface area contributed by atoms with Crippen LogP contribution in [0.2, 0.25) is 0 Å². The number of hydrogen-bond acceptors (Lipinski definition) is 7. The Labute approximate surface area is 110 Å². The molecule has 0 bridgehead atoms. The maximum atomic E-state index is 5.37. The number of aromatic nitrogens is 4. The fourth-order valence-corrected chi connectivity index (χ4v) is 2.49. The Balaban J connectivity index is 1.85. The number of rotatable bonds is 4. The number of hydrazine groups is 1. The number of nitrogens with one attached hydrogen (secondary N) is 3. The summed E-state index contributed by atoms with van der Waals surface area (Å²) in [6, 6.07) is 0.351. The second-order valence-electron chi connectivity index (χ2n) is 4.68. The highest BCUT2D eigenvalue weighted by Crippen LogP contribution is 2.27. The van der Waals surface area contributed by atoms with Gasteiger partial charge in [0.25, 0.3) is 0 Å². The van der Waals surface area contributed by atoms with E-state index in [1.165, 1.54) is 0 Å². The normalized spacial score (nSPS) is 22.8. The van der Waals surface area contributed by atoms with Crippen molar-refractivity contribution in [3.8, 4) is 0 Å². The van der Waals surface area contributed by atoms with Crippen molar-refractivity contribution >= 4 is 22.8 Å². The van der Waals surface area contributed by atoms with Crippen molar-refractivity contribution in [2.45, 2.75) is 31.4 Å². The van der Waals surface area contributed by atoms with Crippen LogP contribution in [-0.2, 0) is 4.74 Å². The maximum Gasteiger partial charge on any atom is 0.241 e. The number of anilines is 2. The second-order valence-corrected chi connectivity index (χ2v) is 4.68. The highest BCUT2D eigenvalue weighted by atomic mass is 16.5. The van der Waals surface area contributed by atoms with Crippen LogP contribution in [0.5, 0.6) is 0 Å². The zero-order chi connectivity index (χ0) is 13.2. The van der Waals surface area contributed by atoms with E-state index in [1.54, 1.807) is 13.3 Å². The molecule has 8 heteroatoms. The van der Waals surface area contributed by atoms with Gasteiger partial charge in [0, 0.05) is 13.2 Å². The number of H-pyrrole nitrogens is 1. The first-order valence-corrected chi connectivity index (χ1v) is 6.27. The van der Waals surface area contributed by atoms with E-state index < -0.39 is 0 Å². The lowest BCUT2D eigenvalue weighted by Gasteiger charge is -2.14. The monoisotopic (exact) mass is 263 g/mol. The number of aromatic amines is 1. The SMILES string of the molecule is COC1CCC(Nc2nc(NN)nc3[nH]ncc23)C1. The van der Waals surface area contributed by atoms with E-state index in [1.807, 2.05) is 0 Å². The third-order valence-electron chi connectivity index (χ3n) is 3.50. The molecule has 2 unspecified atom stereocenters. The van der Waals surface area contributed by atoms with Crippen molar-refractivity contribution < 1.29 is 4.74 Å². The quantitative estimate of drug-likeness (QED) is 0.472. The summed E-state index contributed by atoms with van der Waals surface area (Å²) in [5.74, 6) is 6.48. The van der Waals surface area contributed by atoms with Crippen LogP contribution in [0.4, 0.5) is 11.8 Å². The number of fused-ring (bicyclic) bond motifs is 1. The number of nitrogen functional groups attached to an aromatic ring is 1. The standard InChI is InChI=1S/C11H17N7O/c1-19-7-3-2-6(4-7)14-9-8-5-13-18-10(8)16-11(15-9)17-12/h5-7H,2-4,12H2,1H3,(H3,13,14,15,16,17,18). The first-order valence-electron chi connectivity index (χ1n) is 6.27. The zero-order valence-corrected chi connectivity index (χ0v) is 10.7. The minimum atomic E-state index is 0.325. The van der Waals surface area contributed by atoms with Gasteiger partial charge in [-0.05, 0) is 19.3 Å².